The molecule has 1 aliphatic rings. The maximum absolute atomic E-state index is 6.20. The van der Waals surface area contributed by atoms with E-state index in [1.54, 1.807) is 11.3 Å². The van der Waals surface area contributed by atoms with E-state index >= 15 is 0 Å². The molecule has 1 aliphatic heterocycles. The molecule has 0 atom stereocenters. The molecule has 3 aromatic heterocycles. The molecule has 0 spiro atoms. The number of halogens is 1. The number of nitrogens with two attached hydrogens (primary N) is 1. The number of pyridine rings is 1. The molecule has 0 unspecified atom stereocenters. The molecule has 7 heteroatoms. The molecular weight excluding hydrogens is 458 g/mol. The smallest absolute Gasteiger partial charge is 0.165 e. The number of anilines is 2. The Labute approximate surface area is 188 Å². The standard InChI is InChI=1S/C23H22BrN5S/c1-14-6-8-29(9-7-14)17-4-2-15(3-5-17)19-11-18(20-10-16(24)12-30-20)21-22(25)26-13-27-23(21)28-19/h2-5,10-14H,6-9H2,1H3,(H2,25,26,27,28). The maximum Gasteiger partial charge on any atom is 0.165 e. The van der Waals surface area contributed by atoms with Gasteiger partial charge in [-0.1, -0.05) is 19.1 Å². The summed E-state index contributed by atoms with van der Waals surface area (Å²) in [6.45, 7) is 4.59. The molecule has 1 aromatic carbocycles. The fourth-order valence-corrected chi connectivity index (χ4v) is 5.45. The summed E-state index contributed by atoms with van der Waals surface area (Å²) in [5.74, 6) is 1.28. The Morgan fingerprint density at radius 1 is 1.10 bits per heavy atom. The number of piperidine rings is 1. The van der Waals surface area contributed by atoms with Crippen molar-refractivity contribution in [2.45, 2.75) is 19.8 Å². The second-order valence-corrected chi connectivity index (χ2v) is 9.69. The van der Waals surface area contributed by atoms with E-state index in [1.165, 1.54) is 24.9 Å². The van der Waals surface area contributed by atoms with Crippen LogP contribution in [0.3, 0.4) is 0 Å². The van der Waals surface area contributed by atoms with Crippen molar-refractivity contribution in [1.29, 1.82) is 0 Å². The average molecular weight is 480 g/mol. The van der Waals surface area contributed by atoms with E-state index < -0.39 is 0 Å². The van der Waals surface area contributed by atoms with Gasteiger partial charge in [0, 0.05) is 44.6 Å². The van der Waals surface area contributed by atoms with Gasteiger partial charge in [-0.3, -0.25) is 0 Å². The summed E-state index contributed by atoms with van der Waals surface area (Å²) in [5, 5.41) is 2.87. The van der Waals surface area contributed by atoms with Crippen LogP contribution >= 0.6 is 27.3 Å². The lowest BCUT2D eigenvalue weighted by Gasteiger charge is -2.32. The number of nitrogens with zero attached hydrogens (tertiary/aromatic N) is 4. The number of hydrogen-bond acceptors (Lipinski definition) is 6. The monoisotopic (exact) mass is 479 g/mol. The highest BCUT2D eigenvalue weighted by atomic mass is 79.9. The number of rotatable bonds is 3. The number of thiophene rings is 1. The summed E-state index contributed by atoms with van der Waals surface area (Å²) in [5.41, 5.74) is 11.1. The average Bonchev–Trinajstić information content (AvgIpc) is 3.20. The molecule has 0 aliphatic carbocycles. The van der Waals surface area contributed by atoms with Crippen LogP contribution in [0.25, 0.3) is 32.7 Å². The predicted octanol–water partition coefficient (Wildman–Crippen LogP) is 6.00. The summed E-state index contributed by atoms with van der Waals surface area (Å²) in [6, 6.07) is 12.9. The van der Waals surface area contributed by atoms with Crippen LogP contribution in [0.2, 0.25) is 0 Å². The zero-order chi connectivity index (χ0) is 20.7. The van der Waals surface area contributed by atoms with Gasteiger partial charge in [-0.15, -0.1) is 11.3 Å². The van der Waals surface area contributed by atoms with Crippen LogP contribution in [0, 0.1) is 5.92 Å². The molecule has 1 saturated heterocycles. The molecule has 5 rings (SSSR count). The lowest BCUT2D eigenvalue weighted by Crippen LogP contribution is -2.32. The van der Waals surface area contributed by atoms with Crippen LogP contribution in [0.1, 0.15) is 19.8 Å². The van der Waals surface area contributed by atoms with E-state index in [2.05, 4.69) is 79.5 Å². The molecule has 0 amide bonds. The Bertz CT molecular complexity index is 1200. The third-order valence-electron chi connectivity index (χ3n) is 5.78. The molecule has 5 nitrogen and oxygen atoms in total. The van der Waals surface area contributed by atoms with E-state index in [4.69, 9.17) is 10.7 Å². The Hall–Kier alpha value is -2.51. The minimum Gasteiger partial charge on any atom is -0.383 e. The Balaban J connectivity index is 1.56. The molecule has 0 radical (unpaired) electrons. The van der Waals surface area contributed by atoms with Crippen LogP contribution < -0.4 is 10.6 Å². The van der Waals surface area contributed by atoms with E-state index in [0.717, 1.165) is 50.6 Å². The van der Waals surface area contributed by atoms with Crippen LogP contribution in [0.15, 0.2) is 52.6 Å². The summed E-state index contributed by atoms with van der Waals surface area (Å²) >= 11 is 5.21. The first-order valence-electron chi connectivity index (χ1n) is 10.1. The second-order valence-electron chi connectivity index (χ2n) is 7.86. The fraction of sp³-hybridized carbons (Fsp3) is 0.261. The van der Waals surface area contributed by atoms with E-state index in [-0.39, 0.29) is 0 Å². The molecule has 2 N–H and O–H groups in total. The largest absolute Gasteiger partial charge is 0.383 e. The van der Waals surface area contributed by atoms with Gasteiger partial charge in [0.15, 0.2) is 5.65 Å². The van der Waals surface area contributed by atoms with Gasteiger partial charge in [-0.25, -0.2) is 15.0 Å². The minimum atomic E-state index is 0.452. The SMILES string of the molecule is CC1CCN(c2ccc(-c3cc(-c4cc(Br)cs4)c4c(N)ncnc4n3)cc2)CC1. The molecule has 4 heterocycles. The lowest BCUT2D eigenvalue weighted by atomic mass is 9.98. The van der Waals surface area contributed by atoms with E-state index in [1.807, 2.05) is 0 Å². The van der Waals surface area contributed by atoms with Gasteiger partial charge < -0.3 is 10.6 Å². The number of nitrogen functional groups attached to an aromatic ring is 1. The molecule has 1 fully saturated rings. The quantitative estimate of drug-likeness (QED) is 0.390. The zero-order valence-electron chi connectivity index (χ0n) is 16.7. The highest BCUT2D eigenvalue weighted by molar-refractivity contribution is 9.10. The maximum atomic E-state index is 6.20. The first kappa shape index (κ1) is 19.5. The molecule has 152 valence electrons. The van der Waals surface area contributed by atoms with E-state index in [9.17, 15) is 0 Å². The highest BCUT2D eigenvalue weighted by Crippen LogP contribution is 2.38. The van der Waals surface area contributed by atoms with Crippen molar-refractivity contribution in [2.75, 3.05) is 23.7 Å². The van der Waals surface area contributed by atoms with E-state index in [0.29, 0.717) is 11.5 Å². The van der Waals surface area contributed by atoms with Crippen LogP contribution in [-0.2, 0) is 0 Å². The molecule has 4 aromatic rings. The van der Waals surface area contributed by atoms with Crippen molar-refractivity contribution in [1.82, 2.24) is 15.0 Å². The topological polar surface area (TPSA) is 67.9 Å². The summed E-state index contributed by atoms with van der Waals surface area (Å²) in [4.78, 5) is 17.0. The Morgan fingerprint density at radius 3 is 2.57 bits per heavy atom. The van der Waals surface area contributed by atoms with Crippen LogP contribution in [-0.4, -0.2) is 28.0 Å². The third-order valence-corrected chi connectivity index (χ3v) is 7.50. The first-order valence-corrected chi connectivity index (χ1v) is 11.8. The normalized spacial score (nSPS) is 15.1. The molecule has 0 bridgehead atoms. The van der Waals surface area contributed by atoms with Crippen molar-refractivity contribution in [2.24, 2.45) is 5.92 Å². The van der Waals surface area contributed by atoms with Crippen LogP contribution in [0.5, 0.6) is 0 Å². The van der Waals surface area contributed by atoms with Crippen LogP contribution in [0.4, 0.5) is 11.5 Å². The molecule has 0 saturated carbocycles. The van der Waals surface area contributed by atoms with Crippen molar-refractivity contribution < 1.29 is 0 Å². The highest BCUT2D eigenvalue weighted by Gasteiger charge is 2.17. The predicted molar refractivity (Wildman–Crippen MR) is 129 cm³/mol. The number of hydrogen-bond donors (Lipinski definition) is 1. The summed E-state index contributed by atoms with van der Waals surface area (Å²) in [7, 11) is 0. The van der Waals surface area contributed by atoms with Crippen molar-refractivity contribution in [3.63, 3.8) is 0 Å². The minimum absolute atomic E-state index is 0.452. The second kappa shape index (κ2) is 7.96. The Morgan fingerprint density at radius 2 is 1.87 bits per heavy atom. The zero-order valence-corrected chi connectivity index (χ0v) is 19.1. The fourth-order valence-electron chi connectivity index (χ4n) is 3.99. The number of aromatic nitrogens is 3. The van der Waals surface area contributed by atoms with Gasteiger partial charge in [-0.05, 0) is 59.0 Å². The van der Waals surface area contributed by atoms with Crippen molar-refractivity contribution in [3.05, 3.63) is 52.6 Å². The van der Waals surface area contributed by atoms with Gasteiger partial charge in [-0.2, -0.15) is 0 Å². The van der Waals surface area contributed by atoms with Gasteiger partial charge in [0.2, 0.25) is 0 Å². The van der Waals surface area contributed by atoms with Gasteiger partial charge in [0.05, 0.1) is 11.1 Å². The summed E-state index contributed by atoms with van der Waals surface area (Å²) < 4.78 is 1.05. The number of fused-ring (bicyclic) bond motifs is 1. The molecule has 30 heavy (non-hydrogen) atoms. The Kier molecular flexibility index (Phi) is 5.16. The third kappa shape index (κ3) is 3.68. The van der Waals surface area contributed by atoms with Gasteiger partial charge in [0.1, 0.15) is 12.1 Å². The first-order chi connectivity index (χ1) is 14.6. The van der Waals surface area contributed by atoms with Gasteiger partial charge in [0.25, 0.3) is 0 Å². The van der Waals surface area contributed by atoms with Crippen molar-refractivity contribution >= 4 is 49.8 Å². The lowest BCUT2D eigenvalue weighted by molar-refractivity contribution is 0.438. The summed E-state index contributed by atoms with van der Waals surface area (Å²) in [6.07, 6.45) is 3.99. The number of benzene rings is 1. The van der Waals surface area contributed by atoms with Crippen molar-refractivity contribution in [3.8, 4) is 21.7 Å². The molecular formula is C23H22BrN5S. The van der Waals surface area contributed by atoms with Gasteiger partial charge >= 0.3 is 0 Å².